The summed E-state index contributed by atoms with van der Waals surface area (Å²) in [4.78, 5) is 31.9. The Morgan fingerprint density at radius 3 is 2.68 bits per heavy atom. The monoisotopic (exact) mass is 501 g/mol. The van der Waals surface area contributed by atoms with Gasteiger partial charge in [-0.05, 0) is 42.5 Å². The lowest BCUT2D eigenvalue weighted by atomic mass is 9.77. The molecule has 1 saturated carbocycles. The average Bonchev–Trinajstić information content (AvgIpc) is 3.57. The highest BCUT2D eigenvalue weighted by atomic mass is 16.5. The molecule has 1 aromatic heterocycles. The average molecular weight is 502 g/mol. The summed E-state index contributed by atoms with van der Waals surface area (Å²) in [6, 6.07) is 16.9. The lowest BCUT2D eigenvalue weighted by Gasteiger charge is -2.41. The highest BCUT2D eigenvalue weighted by molar-refractivity contribution is 5.96. The van der Waals surface area contributed by atoms with Crippen LogP contribution in [0.1, 0.15) is 30.0 Å². The van der Waals surface area contributed by atoms with Gasteiger partial charge < -0.3 is 30.2 Å². The molecule has 2 heterocycles. The number of aromatic nitrogens is 1. The Morgan fingerprint density at radius 2 is 1.89 bits per heavy atom. The van der Waals surface area contributed by atoms with Gasteiger partial charge in [0.25, 0.3) is 0 Å². The van der Waals surface area contributed by atoms with E-state index >= 15 is 0 Å². The number of hydrogen-bond acceptors (Lipinski definition) is 5. The van der Waals surface area contributed by atoms with Gasteiger partial charge in [-0.2, -0.15) is 0 Å². The Kier molecular flexibility index (Phi) is 6.22. The zero-order valence-electron chi connectivity index (χ0n) is 20.5. The molecule has 6 rings (SSSR count). The molecule has 0 saturated heterocycles. The molecule has 37 heavy (non-hydrogen) atoms. The minimum Gasteiger partial charge on any atom is -0.486 e. The maximum absolute atomic E-state index is 13.5. The minimum atomic E-state index is -1.00. The van der Waals surface area contributed by atoms with Crippen LogP contribution in [0.2, 0.25) is 0 Å². The SMILES string of the molecule is O=C(NCCO)C1=C[C@@H](N(CCc2cc3ccccc3[nH]2)C(=O)C2CC2)[C@H](O)[C@H]2Oc3ccccc3[C@@H]12. The van der Waals surface area contributed by atoms with Crippen molar-refractivity contribution in [2.24, 2.45) is 5.92 Å². The standard InChI is InChI=1S/C29H31N3O5/c33-14-12-30-28(35)21-16-23(26(34)27-25(21)20-6-2-4-8-24(20)37-27)32(29(36)17-9-10-17)13-11-19-15-18-5-1-3-7-22(18)31-19/h1-8,15-17,23,25-27,31,33-34H,9-14H2,(H,30,35)/t23-,25+,26+,27+/m1/s1. The third-order valence-electron chi connectivity index (χ3n) is 7.65. The Balaban J connectivity index is 1.34. The highest BCUT2D eigenvalue weighted by Crippen LogP contribution is 2.47. The number of hydrogen-bond donors (Lipinski definition) is 4. The molecular weight excluding hydrogens is 470 g/mol. The van der Waals surface area contributed by atoms with Crippen molar-refractivity contribution in [2.45, 2.75) is 43.4 Å². The fraction of sp³-hybridized carbons (Fsp3) is 0.379. The predicted molar refractivity (Wildman–Crippen MR) is 138 cm³/mol. The first kappa shape index (κ1) is 23.8. The Morgan fingerprint density at radius 1 is 1.11 bits per heavy atom. The summed E-state index contributed by atoms with van der Waals surface area (Å²) >= 11 is 0. The van der Waals surface area contributed by atoms with Gasteiger partial charge in [0.1, 0.15) is 18.0 Å². The number of H-pyrrole nitrogens is 1. The molecule has 0 bridgehead atoms. The van der Waals surface area contributed by atoms with Gasteiger partial charge in [-0.25, -0.2) is 0 Å². The Labute approximate surface area is 214 Å². The van der Waals surface area contributed by atoms with Crippen LogP contribution in [-0.4, -0.2) is 69.9 Å². The zero-order chi connectivity index (χ0) is 25.5. The van der Waals surface area contributed by atoms with Crippen molar-refractivity contribution in [2.75, 3.05) is 19.7 Å². The number of ether oxygens (including phenoxy) is 1. The van der Waals surface area contributed by atoms with E-state index in [-0.39, 0.29) is 30.9 Å². The summed E-state index contributed by atoms with van der Waals surface area (Å²) in [5.41, 5.74) is 3.34. The van der Waals surface area contributed by atoms with Crippen LogP contribution < -0.4 is 10.1 Å². The van der Waals surface area contributed by atoms with E-state index in [2.05, 4.69) is 16.4 Å². The number of fused-ring (bicyclic) bond motifs is 4. The molecule has 4 N–H and O–H groups in total. The number of aromatic amines is 1. The lowest BCUT2D eigenvalue weighted by molar-refractivity contribution is -0.138. The van der Waals surface area contributed by atoms with Crippen molar-refractivity contribution in [3.63, 3.8) is 0 Å². The van der Waals surface area contributed by atoms with E-state index in [0.29, 0.717) is 24.3 Å². The second kappa shape index (κ2) is 9.68. The first-order valence-corrected chi connectivity index (χ1v) is 13.0. The molecule has 3 aliphatic rings. The molecule has 0 radical (unpaired) electrons. The second-order valence-electron chi connectivity index (χ2n) is 10.1. The van der Waals surface area contributed by atoms with Gasteiger partial charge >= 0.3 is 0 Å². The molecule has 0 unspecified atom stereocenters. The smallest absolute Gasteiger partial charge is 0.247 e. The van der Waals surface area contributed by atoms with Crippen LogP contribution in [0.3, 0.4) is 0 Å². The topological polar surface area (TPSA) is 115 Å². The number of nitrogens with one attached hydrogen (secondary N) is 2. The molecule has 2 amide bonds. The summed E-state index contributed by atoms with van der Waals surface area (Å²) in [5.74, 6) is -0.186. The first-order valence-electron chi connectivity index (χ1n) is 13.0. The molecule has 4 atom stereocenters. The molecule has 2 aromatic carbocycles. The summed E-state index contributed by atoms with van der Waals surface area (Å²) in [6.45, 7) is 0.341. The van der Waals surface area contributed by atoms with Crippen molar-refractivity contribution < 1.29 is 24.5 Å². The largest absolute Gasteiger partial charge is 0.486 e. The number of carbonyl (C=O) groups excluding carboxylic acids is 2. The number of rotatable bonds is 8. The number of aliphatic hydroxyl groups excluding tert-OH is 2. The van der Waals surface area contributed by atoms with Crippen LogP contribution in [0.25, 0.3) is 10.9 Å². The van der Waals surface area contributed by atoms with Gasteiger partial charge in [0.05, 0.1) is 18.6 Å². The molecular formula is C29H31N3O5. The van der Waals surface area contributed by atoms with E-state index in [1.54, 1.807) is 11.0 Å². The van der Waals surface area contributed by atoms with E-state index in [1.165, 1.54) is 0 Å². The van der Waals surface area contributed by atoms with E-state index < -0.39 is 24.2 Å². The normalized spacial score (nSPS) is 24.1. The maximum Gasteiger partial charge on any atom is 0.247 e. The number of carbonyl (C=O) groups is 2. The summed E-state index contributed by atoms with van der Waals surface area (Å²) in [7, 11) is 0. The molecule has 0 spiro atoms. The molecule has 2 aliphatic carbocycles. The molecule has 192 valence electrons. The number of benzene rings is 2. The Bertz CT molecular complexity index is 1330. The van der Waals surface area contributed by atoms with Crippen molar-refractivity contribution >= 4 is 22.7 Å². The van der Waals surface area contributed by atoms with Crippen LogP contribution in [0, 0.1) is 5.92 Å². The van der Waals surface area contributed by atoms with E-state index in [4.69, 9.17) is 4.74 Å². The molecule has 8 nitrogen and oxygen atoms in total. The van der Waals surface area contributed by atoms with Crippen LogP contribution in [0.4, 0.5) is 0 Å². The number of nitrogens with zero attached hydrogens (tertiary/aromatic N) is 1. The van der Waals surface area contributed by atoms with Gasteiger partial charge in [-0.15, -0.1) is 0 Å². The van der Waals surface area contributed by atoms with Gasteiger partial charge in [0.2, 0.25) is 11.8 Å². The third-order valence-corrected chi connectivity index (χ3v) is 7.65. The summed E-state index contributed by atoms with van der Waals surface area (Å²) < 4.78 is 6.18. The quantitative estimate of drug-likeness (QED) is 0.378. The number of aliphatic hydroxyl groups is 2. The lowest BCUT2D eigenvalue weighted by Crippen LogP contribution is -2.56. The zero-order valence-corrected chi connectivity index (χ0v) is 20.5. The van der Waals surface area contributed by atoms with Crippen LogP contribution in [-0.2, 0) is 16.0 Å². The maximum atomic E-state index is 13.5. The number of amides is 2. The summed E-state index contributed by atoms with van der Waals surface area (Å²) in [6.07, 6.45) is 2.32. The van der Waals surface area contributed by atoms with Crippen molar-refractivity contribution in [1.82, 2.24) is 15.2 Å². The fourth-order valence-electron chi connectivity index (χ4n) is 5.67. The van der Waals surface area contributed by atoms with Crippen LogP contribution >= 0.6 is 0 Å². The van der Waals surface area contributed by atoms with Gasteiger partial charge in [-0.3, -0.25) is 9.59 Å². The highest BCUT2D eigenvalue weighted by Gasteiger charge is 2.51. The second-order valence-corrected chi connectivity index (χ2v) is 10.1. The van der Waals surface area contributed by atoms with Crippen LogP contribution in [0.5, 0.6) is 5.75 Å². The molecule has 8 heteroatoms. The van der Waals surface area contributed by atoms with Crippen molar-refractivity contribution in [3.05, 3.63) is 77.5 Å². The van der Waals surface area contributed by atoms with Crippen molar-refractivity contribution in [1.29, 1.82) is 0 Å². The Hall–Kier alpha value is -3.62. The van der Waals surface area contributed by atoms with E-state index in [9.17, 15) is 19.8 Å². The first-order chi connectivity index (χ1) is 18.0. The van der Waals surface area contributed by atoms with Crippen LogP contribution in [0.15, 0.2) is 66.2 Å². The van der Waals surface area contributed by atoms with E-state index in [0.717, 1.165) is 35.0 Å². The molecule has 1 fully saturated rings. The van der Waals surface area contributed by atoms with Gasteiger partial charge in [0, 0.05) is 47.8 Å². The predicted octanol–water partition coefficient (Wildman–Crippen LogP) is 2.27. The fourth-order valence-corrected chi connectivity index (χ4v) is 5.67. The third kappa shape index (κ3) is 4.40. The van der Waals surface area contributed by atoms with Gasteiger partial charge in [0.15, 0.2) is 0 Å². The number of para-hydroxylation sites is 2. The summed E-state index contributed by atoms with van der Waals surface area (Å²) in [5, 5.41) is 24.7. The van der Waals surface area contributed by atoms with Crippen molar-refractivity contribution in [3.8, 4) is 5.75 Å². The van der Waals surface area contributed by atoms with E-state index in [1.807, 2.05) is 48.5 Å². The molecule has 3 aromatic rings. The molecule has 1 aliphatic heterocycles. The van der Waals surface area contributed by atoms with Gasteiger partial charge in [-0.1, -0.05) is 36.4 Å². The minimum absolute atomic E-state index is 0.000452.